The van der Waals surface area contributed by atoms with Crippen LogP contribution in [0.4, 0.5) is 4.79 Å². The smallest absolute Gasteiger partial charge is 0.282 e. The SMILES string of the molecule is O=C1NC(=O)/C(=C\c2cccc3ccccc23)S1. The van der Waals surface area contributed by atoms with Gasteiger partial charge >= 0.3 is 0 Å². The first kappa shape index (κ1) is 11.0. The summed E-state index contributed by atoms with van der Waals surface area (Å²) in [6.07, 6.45) is 1.76. The molecule has 0 spiro atoms. The first-order valence-corrected chi connectivity index (χ1v) is 6.28. The zero-order valence-corrected chi connectivity index (χ0v) is 10.2. The minimum absolute atomic E-state index is 0.313. The Morgan fingerprint density at radius 1 is 1.00 bits per heavy atom. The maximum atomic E-state index is 11.5. The van der Waals surface area contributed by atoms with Gasteiger partial charge in [0, 0.05) is 0 Å². The van der Waals surface area contributed by atoms with Gasteiger partial charge in [0.25, 0.3) is 11.1 Å². The van der Waals surface area contributed by atoms with Crippen LogP contribution in [0.1, 0.15) is 5.56 Å². The third-order valence-corrected chi connectivity index (χ3v) is 3.56. The Kier molecular flexibility index (Phi) is 2.64. The lowest BCUT2D eigenvalue weighted by Gasteiger charge is -2.02. The molecule has 1 aliphatic rings. The van der Waals surface area contributed by atoms with Crippen molar-refractivity contribution in [2.45, 2.75) is 0 Å². The van der Waals surface area contributed by atoms with Gasteiger partial charge in [-0.1, -0.05) is 42.5 Å². The highest BCUT2D eigenvalue weighted by Crippen LogP contribution is 2.28. The Bertz CT molecular complexity index is 686. The number of thioether (sulfide) groups is 1. The van der Waals surface area contributed by atoms with Crippen LogP contribution < -0.4 is 5.32 Å². The van der Waals surface area contributed by atoms with E-state index in [-0.39, 0.29) is 11.1 Å². The van der Waals surface area contributed by atoms with Gasteiger partial charge in [-0.2, -0.15) is 0 Å². The number of nitrogens with one attached hydrogen (secondary N) is 1. The van der Waals surface area contributed by atoms with E-state index in [0.29, 0.717) is 4.91 Å². The van der Waals surface area contributed by atoms with E-state index in [2.05, 4.69) is 5.32 Å². The highest BCUT2D eigenvalue weighted by molar-refractivity contribution is 8.18. The Hall–Kier alpha value is -2.07. The van der Waals surface area contributed by atoms with Gasteiger partial charge in [-0.05, 0) is 34.2 Å². The number of carbonyl (C=O) groups excluding carboxylic acids is 2. The predicted octanol–water partition coefficient (Wildman–Crippen LogP) is 3.16. The van der Waals surface area contributed by atoms with Crippen LogP contribution in [0.3, 0.4) is 0 Å². The number of imide groups is 1. The van der Waals surface area contributed by atoms with Crippen molar-refractivity contribution in [3.8, 4) is 0 Å². The van der Waals surface area contributed by atoms with Crippen molar-refractivity contribution in [2.75, 3.05) is 0 Å². The van der Waals surface area contributed by atoms with E-state index in [0.717, 1.165) is 28.1 Å². The molecule has 4 heteroatoms. The lowest BCUT2D eigenvalue weighted by Crippen LogP contribution is -2.17. The van der Waals surface area contributed by atoms with Crippen LogP contribution in [0.25, 0.3) is 16.8 Å². The van der Waals surface area contributed by atoms with E-state index in [1.807, 2.05) is 42.5 Å². The average molecular weight is 255 g/mol. The van der Waals surface area contributed by atoms with Gasteiger partial charge in [0.1, 0.15) is 0 Å². The van der Waals surface area contributed by atoms with Crippen molar-refractivity contribution in [3.63, 3.8) is 0 Å². The molecule has 0 saturated carbocycles. The minimum Gasteiger partial charge on any atom is -0.282 e. The molecule has 1 fully saturated rings. The molecule has 18 heavy (non-hydrogen) atoms. The van der Waals surface area contributed by atoms with Crippen molar-refractivity contribution in [1.82, 2.24) is 5.32 Å². The summed E-state index contributed by atoms with van der Waals surface area (Å²) in [5.41, 5.74) is 0.945. The molecule has 0 aliphatic carbocycles. The van der Waals surface area contributed by atoms with E-state index in [1.54, 1.807) is 6.08 Å². The highest BCUT2D eigenvalue weighted by Gasteiger charge is 2.25. The molecule has 3 rings (SSSR count). The Balaban J connectivity index is 2.13. The van der Waals surface area contributed by atoms with Crippen LogP contribution in [0.15, 0.2) is 47.4 Å². The van der Waals surface area contributed by atoms with Crippen molar-refractivity contribution >= 4 is 39.8 Å². The number of benzene rings is 2. The summed E-state index contributed by atoms with van der Waals surface area (Å²) in [5, 5.41) is 4.12. The number of carbonyl (C=O) groups is 2. The third kappa shape index (κ3) is 1.91. The number of fused-ring (bicyclic) bond motifs is 1. The summed E-state index contributed by atoms with van der Waals surface area (Å²) in [5.74, 6) is -0.321. The van der Waals surface area contributed by atoms with Crippen LogP contribution in [-0.2, 0) is 4.79 Å². The van der Waals surface area contributed by atoms with E-state index in [4.69, 9.17) is 0 Å². The summed E-state index contributed by atoms with van der Waals surface area (Å²) in [6, 6.07) is 13.8. The van der Waals surface area contributed by atoms with Crippen molar-refractivity contribution < 1.29 is 9.59 Å². The topological polar surface area (TPSA) is 46.2 Å². The third-order valence-electron chi connectivity index (χ3n) is 2.75. The highest BCUT2D eigenvalue weighted by atomic mass is 32.2. The molecule has 88 valence electrons. The Morgan fingerprint density at radius 2 is 1.78 bits per heavy atom. The first-order chi connectivity index (χ1) is 8.74. The molecule has 0 radical (unpaired) electrons. The second-order valence-corrected chi connectivity index (χ2v) is 4.94. The maximum Gasteiger partial charge on any atom is 0.290 e. The normalized spacial score (nSPS) is 17.4. The molecule has 0 bridgehead atoms. The Labute approximate surface area is 108 Å². The van der Waals surface area contributed by atoms with Crippen molar-refractivity contribution in [2.24, 2.45) is 0 Å². The molecule has 1 saturated heterocycles. The molecule has 1 N–H and O–H groups in total. The second kappa shape index (κ2) is 4.31. The predicted molar refractivity (Wildman–Crippen MR) is 73.1 cm³/mol. The average Bonchev–Trinajstić information content (AvgIpc) is 2.68. The molecule has 1 heterocycles. The van der Waals surface area contributed by atoms with Crippen LogP contribution in [0, 0.1) is 0 Å². The number of amides is 2. The molecule has 2 aromatic carbocycles. The molecule has 2 aromatic rings. The van der Waals surface area contributed by atoms with E-state index >= 15 is 0 Å². The van der Waals surface area contributed by atoms with Crippen molar-refractivity contribution in [3.05, 3.63) is 52.9 Å². The van der Waals surface area contributed by atoms with Crippen LogP contribution in [0.5, 0.6) is 0 Å². The molecule has 3 nitrogen and oxygen atoms in total. The summed E-state index contributed by atoms with van der Waals surface area (Å²) in [7, 11) is 0. The standard InChI is InChI=1S/C14H9NO2S/c16-13-12(18-14(17)15-13)8-10-6-3-5-9-4-1-2-7-11(9)10/h1-8H,(H,15,16,17)/b12-8+. The van der Waals surface area contributed by atoms with Crippen LogP contribution >= 0.6 is 11.8 Å². The lowest BCUT2D eigenvalue weighted by atomic mass is 10.0. The molecule has 2 amide bonds. The van der Waals surface area contributed by atoms with Gasteiger partial charge in [-0.15, -0.1) is 0 Å². The number of hydrogen-bond donors (Lipinski definition) is 1. The fourth-order valence-corrected chi connectivity index (χ4v) is 2.61. The number of rotatable bonds is 1. The molecular weight excluding hydrogens is 246 g/mol. The lowest BCUT2D eigenvalue weighted by molar-refractivity contribution is -0.115. The fraction of sp³-hybridized carbons (Fsp3) is 0. The molecule has 0 atom stereocenters. The maximum absolute atomic E-state index is 11.5. The molecule has 0 aromatic heterocycles. The van der Waals surface area contributed by atoms with Gasteiger partial charge < -0.3 is 0 Å². The van der Waals surface area contributed by atoms with E-state index in [9.17, 15) is 9.59 Å². The summed E-state index contributed by atoms with van der Waals surface area (Å²) in [4.78, 5) is 23.1. The van der Waals surface area contributed by atoms with Gasteiger partial charge in [-0.25, -0.2) is 0 Å². The second-order valence-electron chi connectivity index (χ2n) is 3.92. The zero-order valence-electron chi connectivity index (χ0n) is 9.34. The van der Waals surface area contributed by atoms with E-state index in [1.165, 1.54) is 0 Å². The first-order valence-electron chi connectivity index (χ1n) is 5.47. The molecule has 1 aliphatic heterocycles. The molecular formula is C14H9NO2S. The van der Waals surface area contributed by atoms with Gasteiger partial charge in [-0.3, -0.25) is 14.9 Å². The van der Waals surface area contributed by atoms with Crippen molar-refractivity contribution in [1.29, 1.82) is 0 Å². The Morgan fingerprint density at radius 3 is 2.56 bits per heavy atom. The van der Waals surface area contributed by atoms with Crippen LogP contribution in [-0.4, -0.2) is 11.1 Å². The fourth-order valence-electron chi connectivity index (χ4n) is 1.94. The van der Waals surface area contributed by atoms with E-state index < -0.39 is 0 Å². The summed E-state index contributed by atoms with van der Waals surface area (Å²) in [6.45, 7) is 0. The monoisotopic (exact) mass is 255 g/mol. The van der Waals surface area contributed by atoms with Gasteiger partial charge in [0.15, 0.2) is 0 Å². The van der Waals surface area contributed by atoms with Crippen LogP contribution in [0.2, 0.25) is 0 Å². The van der Waals surface area contributed by atoms with Gasteiger partial charge in [0.2, 0.25) is 0 Å². The summed E-state index contributed by atoms with van der Waals surface area (Å²) >= 11 is 0.939. The zero-order chi connectivity index (χ0) is 12.5. The largest absolute Gasteiger partial charge is 0.290 e. The minimum atomic E-state index is -0.321. The quantitative estimate of drug-likeness (QED) is 0.796. The molecule has 0 unspecified atom stereocenters. The number of hydrogen-bond acceptors (Lipinski definition) is 3. The summed E-state index contributed by atoms with van der Waals surface area (Å²) < 4.78 is 0. The van der Waals surface area contributed by atoms with Gasteiger partial charge in [0.05, 0.1) is 4.91 Å².